The van der Waals surface area contributed by atoms with E-state index in [1.807, 2.05) is 0 Å². The molecule has 4 nitrogen and oxygen atoms in total. The fourth-order valence-corrected chi connectivity index (χ4v) is 1.34. The molecule has 4 heteroatoms. The fourth-order valence-electron chi connectivity index (χ4n) is 1.34. The van der Waals surface area contributed by atoms with Gasteiger partial charge in [-0.05, 0) is 19.4 Å². The van der Waals surface area contributed by atoms with Gasteiger partial charge in [0.15, 0.2) is 0 Å². The van der Waals surface area contributed by atoms with Crippen molar-refractivity contribution in [1.82, 2.24) is 4.90 Å². The molecule has 0 fully saturated rings. The van der Waals surface area contributed by atoms with E-state index in [2.05, 4.69) is 5.92 Å². The van der Waals surface area contributed by atoms with E-state index in [9.17, 15) is 4.79 Å². The zero-order valence-electron chi connectivity index (χ0n) is 8.98. The molecule has 0 rings (SSSR count). The number of hydrogen-bond acceptors (Lipinski definition) is 3. The summed E-state index contributed by atoms with van der Waals surface area (Å²) in [6, 6.07) is 0. The first-order valence-corrected chi connectivity index (χ1v) is 5.19. The van der Waals surface area contributed by atoms with Crippen LogP contribution in [-0.2, 0) is 4.79 Å². The standard InChI is InChI=1S/C11H19NO3/c1-2-7-12(10-11(14)15)8-5-3-4-6-9-13/h1,13H,3-10H2,(H,14,15). The van der Waals surface area contributed by atoms with Crippen molar-refractivity contribution in [2.45, 2.75) is 25.7 Å². The largest absolute Gasteiger partial charge is 0.480 e. The molecule has 0 aromatic carbocycles. The maximum absolute atomic E-state index is 10.5. The van der Waals surface area contributed by atoms with Crippen molar-refractivity contribution in [3.63, 3.8) is 0 Å². The van der Waals surface area contributed by atoms with Gasteiger partial charge < -0.3 is 10.2 Å². The molecular formula is C11H19NO3. The van der Waals surface area contributed by atoms with E-state index in [4.69, 9.17) is 16.6 Å². The SMILES string of the molecule is C#CCN(CCCCCCO)CC(=O)O. The molecule has 0 radical (unpaired) electrons. The van der Waals surface area contributed by atoms with E-state index >= 15 is 0 Å². The number of carbonyl (C=O) groups is 1. The van der Waals surface area contributed by atoms with E-state index < -0.39 is 5.97 Å². The van der Waals surface area contributed by atoms with Gasteiger partial charge in [0.2, 0.25) is 0 Å². The minimum absolute atomic E-state index is 0.00417. The lowest BCUT2D eigenvalue weighted by Crippen LogP contribution is -2.31. The molecule has 0 saturated heterocycles. The monoisotopic (exact) mass is 213 g/mol. The molecule has 0 bridgehead atoms. The number of aliphatic carboxylic acids is 1. The Labute approximate surface area is 90.9 Å². The lowest BCUT2D eigenvalue weighted by Gasteiger charge is -2.16. The van der Waals surface area contributed by atoms with Crippen molar-refractivity contribution in [1.29, 1.82) is 0 Å². The summed E-state index contributed by atoms with van der Waals surface area (Å²) in [6.07, 6.45) is 8.86. The quantitative estimate of drug-likeness (QED) is 0.434. The van der Waals surface area contributed by atoms with Crippen molar-refractivity contribution in [3.8, 4) is 12.3 Å². The van der Waals surface area contributed by atoms with Crippen LogP contribution in [0, 0.1) is 12.3 Å². The summed E-state index contributed by atoms with van der Waals surface area (Å²) in [5.74, 6) is 1.60. The van der Waals surface area contributed by atoms with Gasteiger partial charge in [-0.25, -0.2) is 0 Å². The second kappa shape index (κ2) is 9.50. The summed E-state index contributed by atoms with van der Waals surface area (Å²) in [5.41, 5.74) is 0. The van der Waals surface area contributed by atoms with Crippen molar-refractivity contribution < 1.29 is 15.0 Å². The maximum Gasteiger partial charge on any atom is 0.317 e. The van der Waals surface area contributed by atoms with Gasteiger partial charge in [-0.3, -0.25) is 9.69 Å². The molecule has 0 aliphatic carbocycles. The van der Waals surface area contributed by atoms with Gasteiger partial charge >= 0.3 is 5.97 Å². The number of aliphatic hydroxyl groups excluding tert-OH is 1. The Kier molecular flexibility index (Phi) is 8.84. The summed E-state index contributed by atoms with van der Waals surface area (Å²) in [7, 11) is 0. The van der Waals surface area contributed by atoms with E-state index in [0.717, 1.165) is 25.7 Å². The average molecular weight is 213 g/mol. The molecular weight excluding hydrogens is 194 g/mol. The molecule has 0 heterocycles. The highest BCUT2D eigenvalue weighted by atomic mass is 16.4. The van der Waals surface area contributed by atoms with E-state index in [1.165, 1.54) is 0 Å². The number of nitrogens with zero attached hydrogens (tertiary/aromatic N) is 1. The molecule has 0 aromatic rings. The number of unbranched alkanes of at least 4 members (excludes halogenated alkanes) is 3. The average Bonchev–Trinajstić information content (AvgIpc) is 2.17. The van der Waals surface area contributed by atoms with Crippen LogP contribution in [0.5, 0.6) is 0 Å². The molecule has 0 aromatic heterocycles. The first kappa shape index (κ1) is 13.9. The number of aliphatic hydroxyl groups is 1. The second-order valence-corrected chi connectivity index (χ2v) is 3.45. The molecule has 0 saturated carbocycles. The Morgan fingerprint density at radius 3 is 2.47 bits per heavy atom. The number of hydrogen-bond donors (Lipinski definition) is 2. The third-order valence-electron chi connectivity index (χ3n) is 2.06. The van der Waals surface area contributed by atoms with Crippen molar-refractivity contribution in [3.05, 3.63) is 0 Å². The van der Waals surface area contributed by atoms with Crippen LogP contribution in [0.25, 0.3) is 0 Å². The van der Waals surface area contributed by atoms with E-state index in [-0.39, 0.29) is 13.2 Å². The molecule has 86 valence electrons. The zero-order valence-corrected chi connectivity index (χ0v) is 8.98. The van der Waals surface area contributed by atoms with Crippen LogP contribution in [0.15, 0.2) is 0 Å². The predicted octanol–water partition coefficient (Wildman–Crippen LogP) is 0.559. The summed E-state index contributed by atoms with van der Waals surface area (Å²) in [4.78, 5) is 12.2. The van der Waals surface area contributed by atoms with Crippen LogP contribution in [-0.4, -0.2) is 47.3 Å². The maximum atomic E-state index is 10.5. The number of terminal acetylenes is 1. The van der Waals surface area contributed by atoms with E-state index in [0.29, 0.717) is 13.1 Å². The third-order valence-corrected chi connectivity index (χ3v) is 2.06. The topological polar surface area (TPSA) is 60.8 Å². The zero-order chi connectivity index (χ0) is 11.5. The van der Waals surface area contributed by atoms with Crippen molar-refractivity contribution in [2.75, 3.05) is 26.2 Å². The van der Waals surface area contributed by atoms with Gasteiger partial charge in [-0.15, -0.1) is 6.42 Å². The second-order valence-electron chi connectivity index (χ2n) is 3.45. The number of carboxylic acid groups (broad SMARTS) is 1. The smallest absolute Gasteiger partial charge is 0.317 e. The summed E-state index contributed by atoms with van der Waals surface area (Å²) < 4.78 is 0. The van der Waals surface area contributed by atoms with Gasteiger partial charge in [0.1, 0.15) is 0 Å². The molecule has 0 unspecified atom stereocenters. The lowest BCUT2D eigenvalue weighted by molar-refractivity contribution is -0.138. The normalized spacial score (nSPS) is 10.2. The van der Waals surface area contributed by atoms with Crippen LogP contribution in [0.4, 0.5) is 0 Å². The molecule has 0 amide bonds. The molecule has 15 heavy (non-hydrogen) atoms. The van der Waals surface area contributed by atoms with Crippen LogP contribution < -0.4 is 0 Å². The van der Waals surface area contributed by atoms with Gasteiger partial charge in [-0.1, -0.05) is 18.8 Å². The number of carboxylic acids is 1. The predicted molar refractivity (Wildman–Crippen MR) is 58.5 cm³/mol. The Bertz CT molecular complexity index is 210. The third kappa shape index (κ3) is 9.26. The van der Waals surface area contributed by atoms with E-state index in [1.54, 1.807) is 4.90 Å². The first-order valence-electron chi connectivity index (χ1n) is 5.19. The Morgan fingerprint density at radius 2 is 1.93 bits per heavy atom. The fraction of sp³-hybridized carbons (Fsp3) is 0.727. The lowest BCUT2D eigenvalue weighted by atomic mass is 10.2. The highest BCUT2D eigenvalue weighted by Crippen LogP contribution is 2.01. The number of rotatable bonds is 9. The van der Waals surface area contributed by atoms with Gasteiger partial charge in [0.25, 0.3) is 0 Å². The molecule has 0 atom stereocenters. The minimum atomic E-state index is -0.847. The van der Waals surface area contributed by atoms with Crippen molar-refractivity contribution in [2.24, 2.45) is 0 Å². The minimum Gasteiger partial charge on any atom is -0.480 e. The summed E-state index contributed by atoms with van der Waals surface area (Å²) in [6.45, 7) is 1.32. The molecule has 0 aliphatic rings. The van der Waals surface area contributed by atoms with Crippen LogP contribution in [0.2, 0.25) is 0 Å². The van der Waals surface area contributed by atoms with Gasteiger partial charge in [0, 0.05) is 6.61 Å². The molecule has 2 N–H and O–H groups in total. The Balaban J connectivity index is 3.57. The molecule has 0 spiro atoms. The van der Waals surface area contributed by atoms with Crippen LogP contribution >= 0.6 is 0 Å². The Hall–Kier alpha value is -1.05. The molecule has 0 aliphatic heterocycles. The highest BCUT2D eigenvalue weighted by Gasteiger charge is 2.07. The Morgan fingerprint density at radius 1 is 1.27 bits per heavy atom. The first-order chi connectivity index (χ1) is 7.20. The van der Waals surface area contributed by atoms with Gasteiger partial charge in [-0.2, -0.15) is 0 Å². The van der Waals surface area contributed by atoms with Gasteiger partial charge in [0.05, 0.1) is 13.1 Å². The summed E-state index contributed by atoms with van der Waals surface area (Å²) in [5, 5.41) is 17.2. The highest BCUT2D eigenvalue weighted by molar-refractivity contribution is 5.69. The van der Waals surface area contributed by atoms with Crippen LogP contribution in [0.1, 0.15) is 25.7 Å². The summed E-state index contributed by atoms with van der Waals surface area (Å²) >= 11 is 0. The van der Waals surface area contributed by atoms with Crippen molar-refractivity contribution >= 4 is 5.97 Å². The van der Waals surface area contributed by atoms with Crippen LogP contribution in [0.3, 0.4) is 0 Å².